The standard InChI is InChI=1S/C14H17BrClNO2/c1-9-8-17(6-5-12(9)15)14(18)11-7-10(16)3-4-13(11)19-2/h3-4,7,9,12H,5-6,8H2,1-2H3. The maximum absolute atomic E-state index is 12.6. The van der Waals surface area contributed by atoms with Crippen LogP contribution in [0.1, 0.15) is 23.7 Å². The Bertz CT molecular complexity index is 481. The molecule has 5 heteroatoms. The van der Waals surface area contributed by atoms with Crippen LogP contribution in [0, 0.1) is 5.92 Å². The maximum Gasteiger partial charge on any atom is 0.257 e. The molecule has 1 aliphatic heterocycles. The summed E-state index contributed by atoms with van der Waals surface area (Å²) in [6, 6.07) is 5.13. The normalized spacial score (nSPS) is 23.3. The third kappa shape index (κ3) is 3.23. The van der Waals surface area contributed by atoms with Gasteiger partial charge in [0.05, 0.1) is 12.7 Å². The molecule has 1 heterocycles. The molecule has 0 N–H and O–H groups in total. The second kappa shape index (κ2) is 6.14. The van der Waals surface area contributed by atoms with Crippen molar-refractivity contribution in [2.24, 2.45) is 5.92 Å². The molecule has 1 fully saturated rings. The summed E-state index contributed by atoms with van der Waals surface area (Å²) < 4.78 is 5.24. The van der Waals surface area contributed by atoms with E-state index in [9.17, 15) is 4.79 Å². The number of nitrogens with zero attached hydrogens (tertiary/aromatic N) is 1. The van der Waals surface area contributed by atoms with E-state index in [1.54, 1.807) is 25.3 Å². The molecule has 0 aliphatic carbocycles. The smallest absolute Gasteiger partial charge is 0.257 e. The third-order valence-electron chi connectivity index (χ3n) is 3.48. The van der Waals surface area contributed by atoms with Gasteiger partial charge in [0.15, 0.2) is 0 Å². The van der Waals surface area contributed by atoms with Gasteiger partial charge in [-0.25, -0.2) is 0 Å². The van der Waals surface area contributed by atoms with Crippen LogP contribution in [0.25, 0.3) is 0 Å². The van der Waals surface area contributed by atoms with E-state index in [1.165, 1.54) is 0 Å². The van der Waals surface area contributed by atoms with Crippen LogP contribution >= 0.6 is 27.5 Å². The van der Waals surface area contributed by atoms with Crippen molar-refractivity contribution in [3.63, 3.8) is 0 Å². The van der Waals surface area contributed by atoms with Crippen molar-refractivity contribution in [3.8, 4) is 5.75 Å². The number of likely N-dealkylation sites (tertiary alicyclic amines) is 1. The molecule has 3 nitrogen and oxygen atoms in total. The largest absolute Gasteiger partial charge is 0.496 e. The van der Waals surface area contributed by atoms with Crippen LogP contribution in [-0.4, -0.2) is 35.8 Å². The Balaban J connectivity index is 2.22. The molecule has 0 bridgehead atoms. The van der Waals surface area contributed by atoms with Gasteiger partial charge in [-0.05, 0) is 30.5 Å². The fraction of sp³-hybridized carbons (Fsp3) is 0.500. The van der Waals surface area contributed by atoms with Gasteiger partial charge in [0.25, 0.3) is 5.91 Å². The number of hydrogen-bond donors (Lipinski definition) is 0. The van der Waals surface area contributed by atoms with Crippen LogP contribution in [-0.2, 0) is 0 Å². The predicted molar refractivity (Wildman–Crippen MR) is 80.4 cm³/mol. The SMILES string of the molecule is COc1ccc(Cl)cc1C(=O)N1CCC(Br)C(C)C1. The predicted octanol–water partition coefficient (Wildman–Crippen LogP) is 3.59. The lowest BCUT2D eigenvalue weighted by Crippen LogP contribution is -2.43. The molecular formula is C14H17BrClNO2. The number of ether oxygens (including phenoxy) is 1. The van der Waals surface area contributed by atoms with Crippen LogP contribution in [0.2, 0.25) is 5.02 Å². The molecule has 0 aromatic heterocycles. The Morgan fingerprint density at radius 1 is 1.53 bits per heavy atom. The fourth-order valence-corrected chi connectivity index (χ4v) is 2.86. The molecule has 1 aliphatic rings. The summed E-state index contributed by atoms with van der Waals surface area (Å²) in [6.45, 7) is 3.66. The number of benzene rings is 1. The lowest BCUT2D eigenvalue weighted by atomic mass is 9.99. The molecule has 1 aromatic rings. The molecular weight excluding hydrogens is 330 g/mol. The van der Waals surface area contributed by atoms with Crippen molar-refractivity contribution in [2.75, 3.05) is 20.2 Å². The summed E-state index contributed by atoms with van der Waals surface area (Å²) in [5.41, 5.74) is 0.537. The van der Waals surface area contributed by atoms with Crippen molar-refractivity contribution in [1.29, 1.82) is 0 Å². The molecule has 2 rings (SSSR count). The summed E-state index contributed by atoms with van der Waals surface area (Å²) in [4.78, 5) is 14.9. The van der Waals surface area contributed by atoms with Crippen molar-refractivity contribution in [3.05, 3.63) is 28.8 Å². The van der Waals surface area contributed by atoms with E-state index in [4.69, 9.17) is 16.3 Å². The van der Waals surface area contributed by atoms with Crippen molar-refractivity contribution in [2.45, 2.75) is 18.2 Å². The zero-order valence-electron chi connectivity index (χ0n) is 11.0. The minimum Gasteiger partial charge on any atom is -0.496 e. The quantitative estimate of drug-likeness (QED) is 0.766. The fourth-order valence-electron chi connectivity index (χ4n) is 2.32. The van der Waals surface area contributed by atoms with E-state index in [-0.39, 0.29) is 5.91 Å². The highest BCUT2D eigenvalue weighted by Gasteiger charge is 2.28. The maximum atomic E-state index is 12.6. The van der Waals surface area contributed by atoms with Crippen LogP contribution in [0.5, 0.6) is 5.75 Å². The van der Waals surface area contributed by atoms with Crippen LogP contribution < -0.4 is 4.74 Å². The number of halogens is 2. The van der Waals surface area contributed by atoms with Gasteiger partial charge < -0.3 is 9.64 Å². The first-order valence-electron chi connectivity index (χ1n) is 6.29. The van der Waals surface area contributed by atoms with Crippen molar-refractivity contribution in [1.82, 2.24) is 4.90 Å². The number of hydrogen-bond acceptors (Lipinski definition) is 2. The Morgan fingerprint density at radius 2 is 2.26 bits per heavy atom. The number of methoxy groups -OCH3 is 1. The molecule has 19 heavy (non-hydrogen) atoms. The van der Waals surface area contributed by atoms with Gasteiger partial charge >= 0.3 is 0 Å². The molecule has 1 aromatic carbocycles. The van der Waals surface area contributed by atoms with Gasteiger partial charge in [0.1, 0.15) is 5.75 Å². The highest BCUT2D eigenvalue weighted by molar-refractivity contribution is 9.09. The Kier molecular flexibility index (Phi) is 4.74. The first-order chi connectivity index (χ1) is 9.02. The van der Waals surface area contributed by atoms with E-state index in [2.05, 4.69) is 22.9 Å². The average molecular weight is 347 g/mol. The van der Waals surface area contributed by atoms with Gasteiger partial charge in [0.2, 0.25) is 0 Å². The zero-order chi connectivity index (χ0) is 14.0. The summed E-state index contributed by atoms with van der Waals surface area (Å²) in [7, 11) is 1.56. The number of carbonyl (C=O) groups is 1. The number of alkyl halides is 1. The molecule has 1 saturated heterocycles. The molecule has 0 spiro atoms. The molecule has 2 atom stereocenters. The average Bonchev–Trinajstić information content (AvgIpc) is 2.41. The lowest BCUT2D eigenvalue weighted by molar-refractivity contribution is 0.0687. The first-order valence-corrected chi connectivity index (χ1v) is 7.59. The summed E-state index contributed by atoms with van der Waals surface area (Å²) in [5, 5.41) is 0.549. The van der Waals surface area contributed by atoms with E-state index < -0.39 is 0 Å². The van der Waals surface area contributed by atoms with E-state index >= 15 is 0 Å². The van der Waals surface area contributed by atoms with Gasteiger partial charge in [-0.1, -0.05) is 34.5 Å². The number of amides is 1. The Hall–Kier alpha value is -0.740. The van der Waals surface area contributed by atoms with Gasteiger partial charge in [-0.3, -0.25) is 4.79 Å². The van der Waals surface area contributed by atoms with Crippen LogP contribution in [0.15, 0.2) is 18.2 Å². The van der Waals surface area contributed by atoms with E-state index in [1.807, 2.05) is 4.90 Å². The number of piperidine rings is 1. The van der Waals surface area contributed by atoms with Crippen molar-refractivity contribution >= 4 is 33.4 Å². The van der Waals surface area contributed by atoms with Gasteiger partial charge in [0, 0.05) is 22.9 Å². The molecule has 2 unspecified atom stereocenters. The minimum atomic E-state index is -0.00870. The topological polar surface area (TPSA) is 29.5 Å². The van der Waals surface area contributed by atoms with Gasteiger partial charge in [-0.2, -0.15) is 0 Å². The number of carbonyl (C=O) groups excluding carboxylic acids is 1. The van der Waals surface area contributed by atoms with Crippen LogP contribution in [0.3, 0.4) is 0 Å². The molecule has 0 radical (unpaired) electrons. The number of rotatable bonds is 2. The highest BCUT2D eigenvalue weighted by atomic mass is 79.9. The summed E-state index contributed by atoms with van der Waals surface area (Å²) in [6.07, 6.45) is 0.968. The van der Waals surface area contributed by atoms with Crippen LogP contribution in [0.4, 0.5) is 0 Å². The second-order valence-electron chi connectivity index (χ2n) is 4.88. The Morgan fingerprint density at radius 3 is 2.89 bits per heavy atom. The van der Waals surface area contributed by atoms with Crippen molar-refractivity contribution < 1.29 is 9.53 Å². The molecule has 0 saturated carbocycles. The summed E-state index contributed by atoms with van der Waals surface area (Å²) in [5.74, 6) is 1.01. The highest BCUT2D eigenvalue weighted by Crippen LogP contribution is 2.28. The summed E-state index contributed by atoms with van der Waals surface area (Å²) >= 11 is 9.62. The minimum absolute atomic E-state index is 0.00870. The Labute approximate surface area is 127 Å². The third-order valence-corrected chi connectivity index (χ3v) is 5.08. The monoisotopic (exact) mass is 345 g/mol. The van der Waals surface area contributed by atoms with Gasteiger partial charge in [-0.15, -0.1) is 0 Å². The second-order valence-corrected chi connectivity index (χ2v) is 6.49. The zero-order valence-corrected chi connectivity index (χ0v) is 13.4. The first kappa shape index (κ1) is 14.7. The molecule has 1 amide bonds. The van der Waals surface area contributed by atoms with E-state index in [0.717, 1.165) is 19.5 Å². The lowest BCUT2D eigenvalue weighted by Gasteiger charge is -2.34. The molecule has 104 valence electrons. The van der Waals surface area contributed by atoms with E-state index in [0.29, 0.717) is 27.1 Å².